The average Bonchev–Trinajstić information content (AvgIpc) is 3.90. The lowest BCUT2D eigenvalue weighted by atomic mass is 9.92. The highest BCUT2D eigenvalue weighted by atomic mass is 15.1. The Labute approximate surface area is 371 Å². The first kappa shape index (κ1) is 37.4. The molecule has 4 heteroatoms. The summed E-state index contributed by atoms with van der Waals surface area (Å²) in [5.74, 6) is 1.49. The molecule has 302 valence electrons. The minimum absolute atomic E-state index is 0.674. The number of para-hydroxylation sites is 3. The average molecular weight is 819 g/mol. The van der Waals surface area contributed by atoms with Gasteiger partial charge in [-0.25, -0.2) is 9.97 Å². The lowest BCUT2D eigenvalue weighted by molar-refractivity contribution is 1.05. The standard InChI is InChI=1S/C58H36N4.C2H6/c1-2-15-37(16-3-1)52-36-57(62-55-28-13-10-25-49(55)51-35-41(30-32-56(51)62)61-53-26-11-8-23-47(53)48-24-9-12-27-54(48)61)60-58(59-52)40-18-14-17-38(33-40)39-29-31-46-44-21-5-4-19-42(44)43-20-6-7-22-45(43)50(46)34-39;1-2/h1-36H;1-2H3. The van der Waals surface area contributed by atoms with E-state index >= 15 is 0 Å². The van der Waals surface area contributed by atoms with E-state index in [-0.39, 0.29) is 0 Å². The van der Waals surface area contributed by atoms with Crippen molar-refractivity contribution in [1.82, 2.24) is 19.1 Å². The first-order chi connectivity index (χ1) is 31.7. The van der Waals surface area contributed by atoms with E-state index in [1.807, 2.05) is 19.9 Å². The number of nitrogens with zero attached hydrogens (tertiary/aromatic N) is 4. The van der Waals surface area contributed by atoms with Gasteiger partial charge in [0, 0.05) is 44.4 Å². The van der Waals surface area contributed by atoms with E-state index in [0.29, 0.717) is 5.82 Å². The van der Waals surface area contributed by atoms with E-state index in [1.165, 1.54) is 64.9 Å². The Kier molecular flexibility index (Phi) is 8.91. The molecule has 0 saturated carbocycles. The van der Waals surface area contributed by atoms with Crippen molar-refractivity contribution in [2.24, 2.45) is 0 Å². The van der Waals surface area contributed by atoms with Crippen molar-refractivity contribution in [3.05, 3.63) is 218 Å². The highest BCUT2D eigenvalue weighted by Gasteiger charge is 2.19. The van der Waals surface area contributed by atoms with Crippen LogP contribution in [0.1, 0.15) is 13.8 Å². The SMILES string of the molecule is CC.c1ccc(-c2cc(-n3c4ccccc4c4cc(-n5c6ccccc6c6ccccc65)ccc43)nc(-c3cccc(-c4ccc5c6ccccc6c6ccccc6c5c4)c3)n2)cc1. The Morgan fingerprint density at radius 3 is 1.39 bits per heavy atom. The van der Waals surface area contributed by atoms with Gasteiger partial charge in [0.1, 0.15) is 5.82 Å². The van der Waals surface area contributed by atoms with Gasteiger partial charge >= 0.3 is 0 Å². The van der Waals surface area contributed by atoms with Crippen molar-refractivity contribution in [3.8, 4) is 45.3 Å². The third-order valence-electron chi connectivity index (χ3n) is 12.7. The van der Waals surface area contributed by atoms with Crippen molar-refractivity contribution in [3.63, 3.8) is 0 Å². The molecule has 13 rings (SSSR count). The zero-order valence-corrected chi connectivity index (χ0v) is 35.6. The second kappa shape index (κ2) is 15.2. The second-order valence-corrected chi connectivity index (χ2v) is 16.2. The molecule has 0 saturated heterocycles. The van der Waals surface area contributed by atoms with Crippen LogP contribution in [0.4, 0.5) is 0 Å². The number of hydrogen-bond donors (Lipinski definition) is 0. The highest BCUT2D eigenvalue weighted by Crippen LogP contribution is 2.40. The third-order valence-corrected chi connectivity index (χ3v) is 12.7. The van der Waals surface area contributed by atoms with Crippen LogP contribution in [0.5, 0.6) is 0 Å². The van der Waals surface area contributed by atoms with Gasteiger partial charge in [-0.2, -0.15) is 0 Å². The first-order valence-electron chi connectivity index (χ1n) is 22.2. The lowest BCUT2D eigenvalue weighted by Crippen LogP contribution is -2.02. The maximum Gasteiger partial charge on any atom is 0.162 e. The van der Waals surface area contributed by atoms with Crippen LogP contribution >= 0.6 is 0 Å². The van der Waals surface area contributed by atoms with Gasteiger partial charge in [-0.05, 0) is 92.0 Å². The minimum atomic E-state index is 0.674. The molecule has 0 bridgehead atoms. The zero-order chi connectivity index (χ0) is 42.7. The molecule has 3 aromatic heterocycles. The quantitative estimate of drug-likeness (QED) is 0.162. The highest BCUT2D eigenvalue weighted by molar-refractivity contribution is 6.25. The van der Waals surface area contributed by atoms with E-state index in [0.717, 1.165) is 50.5 Å². The van der Waals surface area contributed by atoms with Gasteiger partial charge in [0.25, 0.3) is 0 Å². The molecule has 0 aliphatic carbocycles. The van der Waals surface area contributed by atoms with Crippen LogP contribution in [0.2, 0.25) is 0 Å². The van der Waals surface area contributed by atoms with Crippen molar-refractivity contribution < 1.29 is 0 Å². The Balaban J connectivity index is 0.00000214. The molecule has 0 aliphatic heterocycles. The summed E-state index contributed by atoms with van der Waals surface area (Å²) in [6.07, 6.45) is 0. The molecule has 4 nitrogen and oxygen atoms in total. The van der Waals surface area contributed by atoms with Crippen LogP contribution < -0.4 is 0 Å². The van der Waals surface area contributed by atoms with Gasteiger partial charge in [-0.3, -0.25) is 4.57 Å². The van der Waals surface area contributed by atoms with Gasteiger partial charge in [0.05, 0.1) is 27.8 Å². The normalized spacial score (nSPS) is 11.6. The fourth-order valence-electron chi connectivity index (χ4n) is 9.91. The minimum Gasteiger partial charge on any atom is -0.309 e. The summed E-state index contributed by atoms with van der Waals surface area (Å²) in [5, 5.41) is 12.4. The molecule has 0 unspecified atom stereocenters. The number of hydrogen-bond acceptors (Lipinski definition) is 2. The van der Waals surface area contributed by atoms with Crippen LogP contribution in [0.3, 0.4) is 0 Å². The van der Waals surface area contributed by atoms with E-state index in [4.69, 9.17) is 9.97 Å². The predicted octanol–water partition coefficient (Wildman–Crippen LogP) is 16.2. The topological polar surface area (TPSA) is 35.6 Å². The van der Waals surface area contributed by atoms with Crippen LogP contribution in [-0.2, 0) is 0 Å². The molecule has 10 aromatic carbocycles. The summed E-state index contributed by atoms with van der Waals surface area (Å²) in [6, 6.07) is 78.5. The summed E-state index contributed by atoms with van der Waals surface area (Å²) >= 11 is 0. The monoisotopic (exact) mass is 818 g/mol. The fraction of sp³-hybridized carbons (Fsp3) is 0.0333. The van der Waals surface area contributed by atoms with Crippen molar-refractivity contribution in [2.45, 2.75) is 13.8 Å². The number of rotatable bonds is 5. The van der Waals surface area contributed by atoms with Crippen LogP contribution in [0.25, 0.3) is 121 Å². The molecule has 0 amide bonds. The predicted molar refractivity (Wildman–Crippen MR) is 271 cm³/mol. The van der Waals surface area contributed by atoms with E-state index < -0.39 is 0 Å². The van der Waals surface area contributed by atoms with Gasteiger partial charge < -0.3 is 4.57 Å². The van der Waals surface area contributed by atoms with Crippen LogP contribution in [0, 0.1) is 0 Å². The molecular weight excluding hydrogens is 777 g/mol. The first-order valence-corrected chi connectivity index (χ1v) is 22.2. The van der Waals surface area contributed by atoms with Gasteiger partial charge in [-0.15, -0.1) is 0 Å². The van der Waals surface area contributed by atoms with Crippen LogP contribution in [-0.4, -0.2) is 19.1 Å². The second-order valence-electron chi connectivity index (χ2n) is 16.2. The van der Waals surface area contributed by atoms with Gasteiger partial charge in [-0.1, -0.05) is 178 Å². The Morgan fingerprint density at radius 1 is 0.281 bits per heavy atom. The van der Waals surface area contributed by atoms with E-state index in [2.05, 4.69) is 221 Å². The Hall–Kier alpha value is -8.34. The molecule has 64 heavy (non-hydrogen) atoms. The third kappa shape index (κ3) is 5.91. The van der Waals surface area contributed by atoms with Crippen LogP contribution in [0.15, 0.2) is 218 Å². The number of fused-ring (bicyclic) bond motifs is 12. The molecule has 0 atom stereocenters. The molecule has 0 N–H and O–H groups in total. The summed E-state index contributed by atoms with van der Waals surface area (Å²) < 4.78 is 4.69. The molecule has 13 aromatic rings. The molecule has 0 fully saturated rings. The van der Waals surface area contributed by atoms with Crippen molar-refractivity contribution in [1.29, 1.82) is 0 Å². The molecule has 0 spiro atoms. The Morgan fingerprint density at radius 2 is 0.750 bits per heavy atom. The van der Waals surface area contributed by atoms with Gasteiger partial charge in [0.15, 0.2) is 5.82 Å². The Bertz CT molecular complexity index is 3840. The lowest BCUT2D eigenvalue weighted by Gasteiger charge is -2.14. The molecule has 3 heterocycles. The van der Waals surface area contributed by atoms with E-state index in [9.17, 15) is 0 Å². The molecule has 0 aliphatic rings. The fourth-order valence-corrected chi connectivity index (χ4v) is 9.91. The maximum atomic E-state index is 5.43. The molecular formula is C60H42N4. The summed E-state index contributed by atoms with van der Waals surface area (Å²) in [7, 11) is 0. The van der Waals surface area contributed by atoms with Crippen molar-refractivity contribution in [2.75, 3.05) is 0 Å². The number of benzene rings is 10. The summed E-state index contributed by atoms with van der Waals surface area (Å²) in [6.45, 7) is 4.00. The maximum absolute atomic E-state index is 5.43. The zero-order valence-electron chi connectivity index (χ0n) is 35.6. The summed E-state index contributed by atoms with van der Waals surface area (Å²) in [5.41, 5.74) is 10.8. The van der Waals surface area contributed by atoms with Gasteiger partial charge in [0.2, 0.25) is 0 Å². The number of aromatic nitrogens is 4. The van der Waals surface area contributed by atoms with E-state index in [1.54, 1.807) is 0 Å². The van der Waals surface area contributed by atoms with Crippen molar-refractivity contribution >= 4 is 75.9 Å². The summed E-state index contributed by atoms with van der Waals surface area (Å²) in [4.78, 5) is 10.7. The molecule has 0 radical (unpaired) electrons. The largest absolute Gasteiger partial charge is 0.309 e. The smallest absolute Gasteiger partial charge is 0.162 e.